The van der Waals surface area contributed by atoms with E-state index >= 15 is 0 Å². The number of rotatable bonds is 2. The van der Waals surface area contributed by atoms with E-state index in [0.29, 0.717) is 32.1 Å². The number of benzene rings is 1. The lowest BCUT2D eigenvalue weighted by Crippen LogP contribution is -2.47. The van der Waals surface area contributed by atoms with E-state index in [-0.39, 0.29) is 12.0 Å². The van der Waals surface area contributed by atoms with E-state index in [2.05, 4.69) is 39.5 Å². The first-order valence-corrected chi connectivity index (χ1v) is 10.7. The quantitative estimate of drug-likeness (QED) is 0.822. The first-order chi connectivity index (χ1) is 14.3. The monoisotopic (exact) mass is 410 g/mol. The second-order valence-electron chi connectivity index (χ2n) is 9.11. The van der Waals surface area contributed by atoms with Crippen LogP contribution >= 0.6 is 0 Å². The van der Waals surface area contributed by atoms with Crippen LogP contribution < -0.4 is 10.2 Å². The first-order valence-electron chi connectivity index (χ1n) is 10.7. The molecule has 0 radical (unpaired) electrons. The highest BCUT2D eigenvalue weighted by Gasteiger charge is 2.28. The third-order valence-corrected chi connectivity index (χ3v) is 5.75. The van der Waals surface area contributed by atoms with Crippen LogP contribution in [0.25, 0.3) is 10.9 Å². The second-order valence-corrected chi connectivity index (χ2v) is 9.11. The Morgan fingerprint density at radius 2 is 1.93 bits per heavy atom. The molecular weight excluding hydrogens is 380 g/mol. The fourth-order valence-corrected chi connectivity index (χ4v) is 4.27. The smallest absolute Gasteiger partial charge is 0.410 e. The molecule has 2 amide bonds. The number of likely N-dealkylation sites (tertiary alicyclic amines) is 1. The van der Waals surface area contributed by atoms with Crippen LogP contribution in [0, 0.1) is 0 Å². The van der Waals surface area contributed by atoms with Crippen molar-refractivity contribution < 1.29 is 14.3 Å². The number of nitrogens with one attached hydrogen (secondary N) is 1. The Morgan fingerprint density at radius 1 is 1.17 bits per heavy atom. The van der Waals surface area contributed by atoms with Gasteiger partial charge in [0.05, 0.1) is 12.1 Å². The number of hydrogen-bond acceptors (Lipinski definition) is 5. The highest BCUT2D eigenvalue weighted by atomic mass is 16.6. The summed E-state index contributed by atoms with van der Waals surface area (Å²) in [4.78, 5) is 32.5. The number of pyridine rings is 1. The average Bonchev–Trinajstić information content (AvgIpc) is 2.72. The minimum atomic E-state index is -0.470. The van der Waals surface area contributed by atoms with Crippen molar-refractivity contribution in [2.24, 2.45) is 0 Å². The molecule has 2 aliphatic rings. The molecule has 4 rings (SSSR count). The lowest BCUT2D eigenvalue weighted by atomic mass is 9.87. The van der Waals surface area contributed by atoms with Gasteiger partial charge in [0.25, 0.3) is 0 Å². The molecule has 7 heteroatoms. The number of anilines is 1. The fraction of sp³-hybridized carbons (Fsp3) is 0.522. The third-order valence-electron chi connectivity index (χ3n) is 5.75. The number of carbonyl (C=O) groups excluding carboxylic acids is 2. The topological polar surface area (TPSA) is 74.8 Å². The molecule has 2 aromatic rings. The minimum absolute atomic E-state index is 0.0554. The van der Waals surface area contributed by atoms with Gasteiger partial charge in [0.2, 0.25) is 5.91 Å². The van der Waals surface area contributed by atoms with Crippen molar-refractivity contribution in [3.8, 4) is 0 Å². The van der Waals surface area contributed by atoms with Gasteiger partial charge >= 0.3 is 6.09 Å². The molecule has 2 fully saturated rings. The van der Waals surface area contributed by atoms with Crippen molar-refractivity contribution in [1.29, 1.82) is 0 Å². The number of amides is 2. The van der Waals surface area contributed by atoms with Crippen molar-refractivity contribution in [1.82, 2.24) is 15.2 Å². The molecule has 0 spiro atoms. The van der Waals surface area contributed by atoms with E-state index in [1.165, 1.54) is 5.56 Å². The van der Waals surface area contributed by atoms with Crippen LogP contribution in [-0.4, -0.2) is 60.2 Å². The molecule has 2 saturated heterocycles. The van der Waals surface area contributed by atoms with Gasteiger partial charge in [-0.1, -0.05) is 6.07 Å². The predicted molar refractivity (Wildman–Crippen MR) is 117 cm³/mol. The molecule has 30 heavy (non-hydrogen) atoms. The zero-order valence-corrected chi connectivity index (χ0v) is 18.0. The lowest BCUT2D eigenvalue weighted by Gasteiger charge is -2.34. The molecule has 0 atom stereocenters. The molecule has 0 unspecified atom stereocenters. The fourth-order valence-electron chi connectivity index (χ4n) is 4.27. The van der Waals surface area contributed by atoms with Crippen molar-refractivity contribution >= 4 is 28.6 Å². The molecule has 160 valence electrons. The van der Waals surface area contributed by atoms with Crippen molar-refractivity contribution in [3.63, 3.8) is 0 Å². The molecule has 1 aromatic carbocycles. The predicted octanol–water partition coefficient (Wildman–Crippen LogP) is 3.29. The molecule has 3 heterocycles. The Balaban J connectivity index is 1.48. The van der Waals surface area contributed by atoms with Crippen LogP contribution in [0.1, 0.15) is 45.1 Å². The van der Waals surface area contributed by atoms with Gasteiger partial charge < -0.3 is 19.9 Å². The van der Waals surface area contributed by atoms with Crippen LogP contribution in [-0.2, 0) is 9.53 Å². The maximum absolute atomic E-state index is 12.3. The minimum Gasteiger partial charge on any atom is -0.444 e. The number of hydrogen-bond donors (Lipinski definition) is 1. The SMILES string of the molecule is CC(C)(C)OC(=O)N1CCC(c2ccnc3cc(N4CCNC(=O)C4)ccc23)CC1. The van der Waals surface area contributed by atoms with E-state index in [1.54, 1.807) is 0 Å². The zero-order chi connectivity index (χ0) is 21.3. The molecule has 0 saturated carbocycles. The number of aromatic nitrogens is 1. The number of carbonyl (C=O) groups is 2. The summed E-state index contributed by atoms with van der Waals surface area (Å²) in [5.41, 5.74) is 2.79. The van der Waals surface area contributed by atoms with Crippen molar-refractivity contribution in [3.05, 3.63) is 36.0 Å². The van der Waals surface area contributed by atoms with Crippen LogP contribution in [0.4, 0.5) is 10.5 Å². The number of fused-ring (bicyclic) bond motifs is 1. The summed E-state index contributed by atoms with van der Waals surface area (Å²) in [6.07, 6.45) is 3.46. The Morgan fingerprint density at radius 3 is 2.63 bits per heavy atom. The van der Waals surface area contributed by atoms with E-state index < -0.39 is 5.60 Å². The second kappa shape index (κ2) is 8.13. The maximum atomic E-state index is 12.3. The molecule has 0 aliphatic carbocycles. The zero-order valence-electron chi connectivity index (χ0n) is 18.0. The van der Waals surface area contributed by atoms with Gasteiger partial charge in [0.15, 0.2) is 0 Å². The summed E-state index contributed by atoms with van der Waals surface area (Å²) in [6.45, 7) is 8.94. The summed E-state index contributed by atoms with van der Waals surface area (Å²) in [5.74, 6) is 0.445. The van der Waals surface area contributed by atoms with Gasteiger partial charge in [-0.15, -0.1) is 0 Å². The third kappa shape index (κ3) is 4.50. The molecule has 2 aliphatic heterocycles. The number of nitrogens with zero attached hydrogens (tertiary/aromatic N) is 3. The van der Waals surface area contributed by atoms with Gasteiger partial charge in [-0.3, -0.25) is 9.78 Å². The molecule has 7 nitrogen and oxygen atoms in total. The summed E-state index contributed by atoms with van der Waals surface area (Å²) in [5, 5.41) is 4.01. The molecule has 1 N–H and O–H groups in total. The van der Waals surface area contributed by atoms with E-state index in [4.69, 9.17) is 4.74 Å². The van der Waals surface area contributed by atoms with Crippen LogP contribution in [0.5, 0.6) is 0 Å². The number of ether oxygens (including phenoxy) is 1. The van der Waals surface area contributed by atoms with E-state index in [1.807, 2.05) is 31.9 Å². The van der Waals surface area contributed by atoms with Crippen molar-refractivity contribution in [2.45, 2.75) is 45.1 Å². The Hall–Kier alpha value is -2.83. The van der Waals surface area contributed by atoms with Gasteiger partial charge in [0.1, 0.15) is 5.60 Å². The molecule has 0 bridgehead atoms. The first kappa shape index (κ1) is 20.4. The van der Waals surface area contributed by atoms with Crippen molar-refractivity contribution in [2.75, 3.05) is 37.6 Å². The number of piperidine rings is 1. The maximum Gasteiger partial charge on any atom is 0.410 e. The van der Waals surface area contributed by atoms with Gasteiger partial charge in [-0.25, -0.2) is 4.79 Å². The Kier molecular flexibility index (Phi) is 5.54. The van der Waals surface area contributed by atoms with Gasteiger partial charge in [-0.05, 0) is 63.3 Å². The van der Waals surface area contributed by atoms with Crippen LogP contribution in [0.2, 0.25) is 0 Å². The summed E-state index contributed by atoms with van der Waals surface area (Å²) >= 11 is 0. The lowest BCUT2D eigenvalue weighted by molar-refractivity contribution is -0.120. The van der Waals surface area contributed by atoms with E-state index in [0.717, 1.165) is 36.0 Å². The summed E-state index contributed by atoms with van der Waals surface area (Å²) < 4.78 is 5.51. The van der Waals surface area contributed by atoms with Crippen LogP contribution in [0.15, 0.2) is 30.5 Å². The Bertz CT molecular complexity index is 945. The number of piperazine rings is 1. The van der Waals surface area contributed by atoms with Gasteiger partial charge in [-0.2, -0.15) is 0 Å². The summed E-state index contributed by atoms with van der Waals surface area (Å²) in [6, 6.07) is 8.39. The van der Waals surface area contributed by atoms with Crippen LogP contribution in [0.3, 0.4) is 0 Å². The highest BCUT2D eigenvalue weighted by molar-refractivity contribution is 5.88. The molecule has 1 aromatic heterocycles. The summed E-state index contributed by atoms with van der Waals surface area (Å²) in [7, 11) is 0. The average molecular weight is 411 g/mol. The highest BCUT2D eigenvalue weighted by Crippen LogP contribution is 2.34. The largest absolute Gasteiger partial charge is 0.444 e. The molecular formula is C23H30N4O3. The van der Waals surface area contributed by atoms with Gasteiger partial charge in [0, 0.05) is 43.4 Å². The van der Waals surface area contributed by atoms with E-state index in [9.17, 15) is 9.59 Å². The normalized spacial score (nSPS) is 18.4. The standard InChI is InChI=1S/C23H30N4O3/c1-23(2,3)30-22(29)26-11-7-16(8-12-26)18-6-9-24-20-14-17(4-5-19(18)20)27-13-10-25-21(28)15-27/h4-6,9,14,16H,7-8,10-13,15H2,1-3H3,(H,25,28). The Labute approximate surface area is 177 Å².